The molecule has 7 nitrogen and oxygen atoms in total. The van der Waals surface area contributed by atoms with Gasteiger partial charge in [-0.3, -0.25) is 9.48 Å². The van der Waals surface area contributed by atoms with E-state index in [0.29, 0.717) is 18.8 Å². The first-order valence-electron chi connectivity index (χ1n) is 10.9. The molecule has 0 unspecified atom stereocenters. The van der Waals surface area contributed by atoms with E-state index in [-0.39, 0.29) is 30.1 Å². The maximum atomic E-state index is 13.3. The molecule has 4 rings (SSSR count). The second kappa shape index (κ2) is 10.3. The first-order valence-corrected chi connectivity index (χ1v) is 10.9. The predicted molar refractivity (Wildman–Crippen MR) is 114 cm³/mol. The lowest BCUT2D eigenvalue weighted by Crippen LogP contribution is -2.43. The van der Waals surface area contributed by atoms with Crippen LogP contribution in [0.5, 0.6) is 0 Å². The van der Waals surface area contributed by atoms with Gasteiger partial charge in [0.05, 0.1) is 6.54 Å². The van der Waals surface area contributed by atoms with Gasteiger partial charge in [0.25, 0.3) is 5.91 Å². The van der Waals surface area contributed by atoms with Crippen molar-refractivity contribution in [2.45, 2.75) is 51.2 Å². The van der Waals surface area contributed by atoms with Gasteiger partial charge >= 0.3 is 5.97 Å². The summed E-state index contributed by atoms with van der Waals surface area (Å²) in [6, 6.07) is 11.2. The average molecular weight is 439 g/mol. The second-order valence-corrected chi connectivity index (χ2v) is 7.99. The summed E-state index contributed by atoms with van der Waals surface area (Å²) >= 11 is 0. The molecule has 8 heteroatoms. The average Bonchev–Trinajstić information content (AvgIpc) is 3.50. The summed E-state index contributed by atoms with van der Waals surface area (Å²) in [6.45, 7) is 0.383. The molecule has 2 aromatic heterocycles. The molecule has 1 amide bonds. The monoisotopic (exact) mass is 439 g/mol. The Balaban J connectivity index is 1.37. The van der Waals surface area contributed by atoms with Gasteiger partial charge in [-0.15, -0.1) is 0 Å². The number of nitrogens with zero attached hydrogens (tertiary/aromatic N) is 3. The molecule has 0 bridgehead atoms. The number of amides is 1. The molecule has 0 spiro atoms. The van der Waals surface area contributed by atoms with Crippen LogP contribution in [0.4, 0.5) is 4.39 Å². The first-order chi connectivity index (χ1) is 15.6. The number of esters is 1. The Labute approximate surface area is 185 Å². The largest absolute Gasteiger partial charge is 0.452 e. The SMILES string of the molecule is O=C(OCC(=O)N(Cc1ccc(F)cc1)C1CCCCC1)c1ccc(Cn2cccn2)o1. The van der Waals surface area contributed by atoms with Gasteiger partial charge in [-0.05, 0) is 48.7 Å². The molecule has 1 aliphatic rings. The van der Waals surface area contributed by atoms with Crippen LogP contribution in [0.15, 0.2) is 59.3 Å². The van der Waals surface area contributed by atoms with Crippen molar-refractivity contribution in [3.05, 3.63) is 77.8 Å². The summed E-state index contributed by atoms with van der Waals surface area (Å²) in [5.41, 5.74) is 0.839. The van der Waals surface area contributed by atoms with Crippen molar-refractivity contribution in [1.29, 1.82) is 0 Å². The van der Waals surface area contributed by atoms with Crippen LogP contribution in [0, 0.1) is 5.82 Å². The van der Waals surface area contributed by atoms with Crippen molar-refractivity contribution >= 4 is 11.9 Å². The highest BCUT2D eigenvalue weighted by Crippen LogP contribution is 2.24. The van der Waals surface area contributed by atoms with Crippen LogP contribution in [0.2, 0.25) is 0 Å². The zero-order chi connectivity index (χ0) is 22.3. The lowest BCUT2D eigenvalue weighted by molar-refractivity contribution is -0.138. The molecule has 2 heterocycles. The Morgan fingerprint density at radius 1 is 1.12 bits per heavy atom. The van der Waals surface area contributed by atoms with Crippen LogP contribution >= 0.6 is 0 Å². The van der Waals surface area contributed by atoms with E-state index in [0.717, 1.165) is 37.7 Å². The summed E-state index contributed by atoms with van der Waals surface area (Å²) in [7, 11) is 0. The van der Waals surface area contributed by atoms with Crippen molar-refractivity contribution in [3.8, 4) is 0 Å². The number of ether oxygens (including phenoxy) is 1. The lowest BCUT2D eigenvalue weighted by atomic mass is 9.93. The van der Waals surface area contributed by atoms with E-state index in [1.807, 2.05) is 0 Å². The fourth-order valence-corrected chi connectivity index (χ4v) is 4.01. The number of rotatable bonds is 8. The number of carbonyl (C=O) groups excluding carboxylic acids is 2. The molecule has 0 N–H and O–H groups in total. The normalized spacial score (nSPS) is 14.3. The zero-order valence-corrected chi connectivity index (χ0v) is 17.8. The number of halogens is 1. The van der Waals surface area contributed by atoms with E-state index in [4.69, 9.17) is 9.15 Å². The summed E-state index contributed by atoms with van der Waals surface area (Å²) in [5.74, 6) is -0.660. The summed E-state index contributed by atoms with van der Waals surface area (Å²) in [5, 5.41) is 4.10. The van der Waals surface area contributed by atoms with Gasteiger partial charge in [0, 0.05) is 25.0 Å². The van der Waals surface area contributed by atoms with Crippen molar-refractivity contribution in [2.75, 3.05) is 6.61 Å². The minimum absolute atomic E-state index is 0.0442. The number of aromatic nitrogens is 2. The van der Waals surface area contributed by atoms with Gasteiger partial charge < -0.3 is 14.1 Å². The smallest absolute Gasteiger partial charge is 0.374 e. The molecule has 0 radical (unpaired) electrons. The molecular formula is C24H26FN3O4. The summed E-state index contributed by atoms with van der Waals surface area (Å²) < 4.78 is 25.7. The molecule has 1 saturated carbocycles. The number of carbonyl (C=O) groups is 2. The molecule has 168 valence electrons. The van der Waals surface area contributed by atoms with Gasteiger partial charge in [-0.1, -0.05) is 31.4 Å². The molecule has 0 aliphatic heterocycles. The number of furan rings is 1. The number of hydrogen-bond acceptors (Lipinski definition) is 5. The van der Waals surface area contributed by atoms with E-state index >= 15 is 0 Å². The standard InChI is InChI=1S/C24H26FN3O4/c25-19-9-7-18(8-10-19)15-28(20-5-2-1-3-6-20)23(29)17-31-24(30)22-12-11-21(32-22)16-27-14-4-13-26-27/h4,7-14,20H,1-3,5-6,15-17H2. The fraction of sp³-hybridized carbons (Fsp3) is 0.375. The Bertz CT molecular complexity index is 1020. The lowest BCUT2D eigenvalue weighted by Gasteiger charge is -2.34. The summed E-state index contributed by atoms with van der Waals surface area (Å²) in [6.07, 6.45) is 8.55. The third-order valence-corrected chi connectivity index (χ3v) is 5.67. The van der Waals surface area contributed by atoms with Crippen LogP contribution in [0.25, 0.3) is 0 Å². The van der Waals surface area contributed by atoms with E-state index in [2.05, 4.69) is 5.10 Å². The maximum Gasteiger partial charge on any atom is 0.374 e. The minimum Gasteiger partial charge on any atom is -0.452 e. The van der Waals surface area contributed by atoms with E-state index in [1.54, 1.807) is 46.2 Å². The van der Waals surface area contributed by atoms with E-state index in [1.165, 1.54) is 18.2 Å². The molecular weight excluding hydrogens is 413 g/mol. The van der Waals surface area contributed by atoms with E-state index in [9.17, 15) is 14.0 Å². The highest BCUT2D eigenvalue weighted by molar-refractivity contribution is 5.89. The van der Waals surface area contributed by atoms with Crippen LogP contribution in [-0.2, 0) is 22.6 Å². The fourth-order valence-electron chi connectivity index (χ4n) is 4.01. The van der Waals surface area contributed by atoms with Gasteiger partial charge in [0.2, 0.25) is 5.76 Å². The molecule has 3 aromatic rings. The number of hydrogen-bond donors (Lipinski definition) is 0. The van der Waals surface area contributed by atoms with Gasteiger partial charge in [0.1, 0.15) is 11.6 Å². The molecule has 1 aliphatic carbocycles. The topological polar surface area (TPSA) is 77.6 Å². The summed E-state index contributed by atoms with van der Waals surface area (Å²) in [4.78, 5) is 27.2. The Morgan fingerprint density at radius 2 is 1.91 bits per heavy atom. The van der Waals surface area contributed by atoms with Crippen LogP contribution in [0.3, 0.4) is 0 Å². The third kappa shape index (κ3) is 5.63. The highest BCUT2D eigenvalue weighted by Gasteiger charge is 2.27. The molecule has 0 atom stereocenters. The minimum atomic E-state index is -0.685. The Kier molecular flexibility index (Phi) is 6.99. The van der Waals surface area contributed by atoms with Crippen molar-refractivity contribution in [1.82, 2.24) is 14.7 Å². The van der Waals surface area contributed by atoms with Gasteiger partial charge in [-0.25, -0.2) is 9.18 Å². The van der Waals surface area contributed by atoms with Crippen molar-refractivity contribution < 1.29 is 23.1 Å². The van der Waals surface area contributed by atoms with E-state index < -0.39 is 5.97 Å². The maximum absolute atomic E-state index is 13.3. The molecule has 1 aromatic carbocycles. The van der Waals surface area contributed by atoms with Gasteiger partial charge in [0.15, 0.2) is 6.61 Å². The number of benzene rings is 1. The Morgan fingerprint density at radius 3 is 2.62 bits per heavy atom. The van der Waals surface area contributed by atoms with Crippen LogP contribution in [0.1, 0.15) is 54.0 Å². The molecule has 32 heavy (non-hydrogen) atoms. The highest BCUT2D eigenvalue weighted by atomic mass is 19.1. The third-order valence-electron chi connectivity index (χ3n) is 5.67. The quantitative estimate of drug-likeness (QED) is 0.492. The molecule has 1 fully saturated rings. The first kappa shape index (κ1) is 21.8. The molecule has 0 saturated heterocycles. The van der Waals surface area contributed by atoms with Crippen molar-refractivity contribution in [2.24, 2.45) is 0 Å². The van der Waals surface area contributed by atoms with Crippen LogP contribution in [-0.4, -0.2) is 39.2 Å². The van der Waals surface area contributed by atoms with Crippen molar-refractivity contribution in [3.63, 3.8) is 0 Å². The van der Waals surface area contributed by atoms with Crippen LogP contribution < -0.4 is 0 Å². The van der Waals surface area contributed by atoms with Gasteiger partial charge in [-0.2, -0.15) is 5.10 Å². The zero-order valence-electron chi connectivity index (χ0n) is 17.8. The second-order valence-electron chi connectivity index (χ2n) is 7.99. The Hall–Kier alpha value is -3.42. The predicted octanol–water partition coefficient (Wildman–Crippen LogP) is 4.18.